The summed E-state index contributed by atoms with van der Waals surface area (Å²) in [7, 11) is 0. The highest BCUT2D eigenvalue weighted by molar-refractivity contribution is 7.10. The second-order valence-corrected chi connectivity index (χ2v) is 6.39. The van der Waals surface area contributed by atoms with E-state index in [9.17, 15) is 5.11 Å². The maximum atomic E-state index is 9.95. The number of thiophene rings is 1. The summed E-state index contributed by atoms with van der Waals surface area (Å²) in [6.45, 7) is 8.17. The summed E-state index contributed by atoms with van der Waals surface area (Å²) < 4.78 is 10.8. The minimum atomic E-state index is -0.483. The summed E-state index contributed by atoms with van der Waals surface area (Å²) in [4.78, 5) is 1.33. The van der Waals surface area contributed by atoms with E-state index in [4.69, 9.17) is 9.47 Å². The zero-order valence-electron chi connectivity index (χ0n) is 13.4. The molecular weight excluding hydrogens is 286 g/mol. The van der Waals surface area contributed by atoms with Gasteiger partial charge in [-0.05, 0) is 31.7 Å². The van der Waals surface area contributed by atoms with Gasteiger partial charge >= 0.3 is 0 Å². The molecule has 2 N–H and O–H groups in total. The van der Waals surface area contributed by atoms with Crippen LogP contribution in [0.5, 0.6) is 0 Å². The highest BCUT2D eigenvalue weighted by atomic mass is 32.1. The summed E-state index contributed by atoms with van der Waals surface area (Å²) in [6, 6.07) is 4.54. The number of hydrogen-bond acceptors (Lipinski definition) is 5. The lowest BCUT2D eigenvalue weighted by atomic mass is 10.1. The van der Waals surface area contributed by atoms with Crippen molar-refractivity contribution in [2.45, 2.75) is 51.9 Å². The number of hydrogen-bond donors (Lipinski definition) is 2. The third-order valence-electron chi connectivity index (χ3n) is 3.05. The third-order valence-corrected chi connectivity index (χ3v) is 4.04. The van der Waals surface area contributed by atoms with Crippen LogP contribution in [-0.2, 0) is 9.47 Å². The normalized spacial score (nSPS) is 14.5. The molecule has 1 heterocycles. The van der Waals surface area contributed by atoms with E-state index in [-0.39, 0.29) is 6.10 Å². The van der Waals surface area contributed by atoms with Gasteiger partial charge in [-0.15, -0.1) is 11.3 Å². The Kier molecular flexibility index (Phi) is 9.87. The Morgan fingerprint density at radius 3 is 2.76 bits per heavy atom. The van der Waals surface area contributed by atoms with E-state index in [1.807, 2.05) is 13.8 Å². The first-order valence-electron chi connectivity index (χ1n) is 7.77. The van der Waals surface area contributed by atoms with Crippen molar-refractivity contribution >= 4 is 11.3 Å². The molecule has 5 heteroatoms. The average molecular weight is 315 g/mol. The van der Waals surface area contributed by atoms with Crippen molar-refractivity contribution in [3.8, 4) is 0 Å². The van der Waals surface area contributed by atoms with Crippen molar-refractivity contribution in [2.24, 2.45) is 0 Å². The summed E-state index contributed by atoms with van der Waals surface area (Å²) >= 11 is 1.76. The fourth-order valence-corrected chi connectivity index (χ4v) is 2.86. The van der Waals surface area contributed by atoms with E-state index in [1.165, 1.54) is 4.88 Å². The van der Waals surface area contributed by atoms with E-state index in [2.05, 4.69) is 29.8 Å². The van der Waals surface area contributed by atoms with Gasteiger partial charge in [-0.25, -0.2) is 0 Å². The number of aliphatic hydroxyl groups excluding tert-OH is 1. The molecule has 2 unspecified atom stereocenters. The number of rotatable bonds is 12. The molecule has 0 spiro atoms. The average Bonchev–Trinajstić information content (AvgIpc) is 2.96. The van der Waals surface area contributed by atoms with Crippen LogP contribution in [0, 0.1) is 0 Å². The molecule has 0 aliphatic carbocycles. The fraction of sp³-hybridized carbons (Fsp3) is 0.750. The summed E-state index contributed by atoms with van der Waals surface area (Å²) in [5, 5.41) is 15.5. The fourth-order valence-electron chi connectivity index (χ4n) is 2.02. The van der Waals surface area contributed by atoms with Crippen molar-refractivity contribution in [1.29, 1.82) is 0 Å². The largest absolute Gasteiger partial charge is 0.389 e. The lowest BCUT2D eigenvalue weighted by Gasteiger charge is -2.19. The van der Waals surface area contributed by atoms with E-state index in [0.717, 1.165) is 12.8 Å². The van der Waals surface area contributed by atoms with Crippen LogP contribution < -0.4 is 5.32 Å². The van der Waals surface area contributed by atoms with E-state index < -0.39 is 6.10 Å². The quantitative estimate of drug-likeness (QED) is 0.582. The Balaban J connectivity index is 2.16. The molecule has 0 saturated carbocycles. The maximum Gasteiger partial charge on any atom is 0.0897 e. The second kappa shape index (κ2) is 11.2. The van der Waals surface area contributed by atoms with Crippen molar-refractivity contribution in [3.05, 3.63) is 22.4 Å². The first kappa shape index (κ1) is 18.6. The SMILES string of the molecule is CCCC(NCC(O)COCCOC(C)C)c1cccs1. The van der Waals surface area contributed by atoms with Crippen LogP contribution >= 0.6 is 11.3 Å². The van der Waals surface area contributed by atoms with Gasteiger partial charge in [0.05, 0.1) is 32.0 Å². The van der Waals surface area contributed by atoms with Gasteiger partial charge in [-0.3, -0.25) is 0 Å². The molecule has 0 fully saturated rings. The first-order chi connectivity index (χ1) is 10.1. The van der Waals surface area contributed by atoms with E-state index >= 15 is 0 Å². The summed E-state index contributed by atoms with van der Waals surface area (Å²) in [6.07, 6.45) is 1.94. The van der Waals surface area contributed by atoms with Crippen LogP contribution in [0.2, 0.25) is 0 Å². The van der Waals surface area contributed by atoms with Gasteiger partial charge in [0.1, 0.15) is 0 Å². The Labute approximate surface area is 132 Å². The Hall–Kier alpha value is -0.460. The van der Waals surface area contributed by atoms with Crippen molar-refractivity contribution in [2.75, 3.05) is 26.4 Å². The van der Waals surface area contributed by atoms with Gasteiger partial charge in [0, 0.05) is 17.5 Å². The zero-order chi connectivity index (χ0) is 15.5. The number of nitrogens with one attached hydrogen (secondary N) is 1. The van der Waals surface area contributed by atoms with Crippen molar-refractivity contribution in [1.82, 2.24) is 5.32 Å². The molecule has 21 heavy (non-hydrogen) atoms. The molecule has 1 rings (SSSR count). The highest BCUT2D eigenvalue weighted by Gasteiger charge is 2.13. The van der Waals surface area contributed by atoms with Crippen LogP contribution in [0.25, 0.3) is 0 Å². The van der Waals surface area contributed by atoms with Crippen LogP contribution in [0.1, 0.15) is 44.5 Å². The molecule has 122 valence electrons. The topological polar surface area (TPSA) is 50.7 Å². The van der Waals surface area contributed by atoms with Gasteiger partial charge in [-0.1, -0.05) is 19.4 Å². The molecule has 0 aliphatic heterocycles. The van der Waals surface area contributed by atoms with Gasteiger partial charge in [-0.2, -0.15) is 0 Å². The molecule has 1 aromatic rings. The Morgan fingerprint density at radius 1 is 1.33 bits per heavy atom. The molecular formula is C16H29NO3S. The molecule has 1 aromatic heterocycles. The van der Waals surface area contributed by atoms with Crippen molar-refractivity contribution < 1.29 is 14.6 Å². The number of aliphatic hydroxyl groups is 1. The van der Waals surface area contributed by atoms with Crippen LogP contribution in [0.15, 0.2) is 17.5 Å². The monoisotopic (exact) mass is 315 g/mol. The molecule has 2 atom stereocenters. The summed E-state index contributed by atoms with van der Waals surface area (Å²) in [5.41, 5.74) is 0. The van der Waals surface area contributed by atoms with E-state index in [0.29, 0.717) is 32.4 Å². The minimum Gasteiger partial charge on any atom is -0.389 e. The predicted octanol–water partition coefficient (Wildman–Crippen LogP) is 2.98. The molecule has 0 bridgehead atoms. The summed E-state index contributed by atoms with van der Waals surface area (Å²) in [5.74, 6) is 0. The number of ether oxygens (including phenoxy) is 2. The van der Waals surface area contributed by atoms with Crippen LogP contribution in [0.3, 0.4) is 0 Å². The van der Waals surface area contributed by atoms with Crippen LogP contribution in [-0.4, -0.2) is 43.7 Å². The first-order valence-corrected chi connectivity index (χ1v) is 8.65. The maximum absolute atomic E-state index is 9.95. The molecule has 0 aliphatic rings. The van der Waals surface area contributed by atoms with Gasteiger partial charge < -0.3 is 19.9 Å². The van der Waals surface area contributed by atoms with Gasteiger partial charge in [0.15, 0.2) is 0 Å². The highest BCUT2D eigenvalue weighted by Crippen LogP contribution is 2.22. The van der Waals surface area contributed by atoms with Crippen molar-refractivity contribution in [3.63, 3.8) is 0 Å². The second-order valence-electron chi connectivity index (χ2n) is 5.41. The molecule has 0 amide bonds. The van der Waals surface area contributed by atoms with Gasteiger partial charge in [0.25, 0.3) is 0 Å². The molecule has 0 saturated heterocycles. The standard InChI is InChI=1S/C16H29NO3S/c1-4-6-15(16-7-5-10-21-16)17-11-14(18)12-19-8-9-20-13(2)3/h5,7,10,13-15,17-18H,4,6,8-9,11-12H2,1-3H3. The lowest BCUT2D eigenvalue weighted by Crippen LogP contribution is -2.33. The Bertz CT molecular complexity index is 343. The molecule has 0 aromatic carbocycles. The smallest absolute Gasteiger partial charge is 0.0897 e. The predicted molar refractivity (Wildman–Crippen MR) is 87.9 cm³/mol. The third kappa shape index (κ3) is 8.53. The van der Waals surface area contributed by atoms with Gasteiger partial charge in [0.2, 0.25) is 0 Å². The van der Waals surface area contributed by atoms with Crippen LogP contribution in [0.4, 0.5) is 0 Å². The Morgan fingerprint density at radius 2 is 2.14 bits per heavy atom. The minimum absolute atomic E-state index is 0.223. The van der Waals surface area contributed by atoms with E-state index in [1.54, 1.807) is 11.3 Å². The molecule has 0 radical (unpaired) electrons. The lowest BCUT2D eigenvalue weighted by molar-refractivity contribution is -0.0105. The molecule has 4 nitrogen and oxygen atoms in total. The zero-order valence-corrected chi connectivity index (χ0v) is 14.2.